The Morgan fingerprint density at radius 3 is 2.90 bits per heavy atom. The van der Waals surface area contributed by atoms with Crippen LogP contribution in [0.25, 0.3) is 0 Å². The van der Waals surface area contributed by atoms with Gasteiger partial charge in [-0.05, 0) is 17.7 Å². The fourth-order valence-corrected chi connectivity index (χ4v) is 2.46. The van der Waals surface area contributed by atoms with Crippen molar-refractivity contribution in [3.8, 4) is 11.5 Å². The first-order chi connectivity index (χ1) is 9.24. The highest BCUT2D eigenvalue weighted by Crippen LogP contribution is 2.38. The Hall–Kier alpha value is -0.890. The molecule has 0 aromatic heterocycles. The molecular weight excluding hydrogens is 393 g/mol. The molecule has 110 valence electrons. The van der Waals surface area contributed by atoms with Crippen LogP contribution in [0.15, 0.2) is 17.1 Å². The van der Waals surface area contributed by atoms with Crippen LogP contribution in [0.5, 0.6) is 11.5 Å². The van der Waals surface area contributed by atoms with Gasteiger partial charge in [-0.1, -0.05) is 11.6 Å². The van der Waals surface area contributed by atoms with E-state index >= 15 is 0 Å². The minimum Gasteiger partial charge on any atom is -0.486 e. The Labute approximate surface area is 140 Å². The second kappa shape index (κ2) is 6.71. The highest BCUT2D eigenvalue weighted by atomic mass is 127. The topological polar surface area (TPSA) is 46.1 Å². The second-order valence-electron chi connectivity index (χ2n) is 4.58. The summed E-state index contributed by atoms with van der Waals surface area (Å²) in [5.41, 5.74) is 1.05. The zero-order valence-corrected chi connectivity index (χ0v) is 14.3. The fourth-order valence-electron chi connectivity index (χ4n) is 2.17. The van der Waals surface area contributed by atoms with Crippen LogP contribution in [-0.4, -0.2) is 44.2 Å². The van der Waals surface area contributed by atoms with Gasteiger partial charge in [0, 0.05) is 20.1 Å². The fraction of sp³-hybridized carbons (Fsp3) is 0.462. The van der Waals surface area contributed by atoms with E-state index in [1.165, 1.54) is 0 Å². The van der Waals surface area contributed by atoms with Crippen molar-refractivity contribution in [1.29, 1.82) is 0 Å². The van der Waals surface area contributed by atoms with Crippen molar-refractivity contribution >= 4 is 41.5 Å². The summed E-state index contributed by atoms with van der Waals surface area (Å²) < 4.78 is 11.1. The predicted octanol–water partition coefficient (Wildman–Crippen LogP) is 2.12. The molecule has 0 radical (unpaired) electrons. The first kappa shape index (κ1) is 15.5. The summed E-state index contributed by atoms with van der Waals surface area (Å²) in [7, 11) is 2.02. The summed E-state index contributed by atoms with van der Waals surface area (Å²) in [5, 5.41) is 3.90. The Balaban J connectivity index is 0.00000147. The lowest BCUT2D eigenvalue weighted by molar-refractivity contribution is 0.171. The molecule has 1 aromatic carbocycles. The number of benzene rings is 1. The molecule has 0 amide bonds. The summed E-state index contributed by atoms with van der Waals surface area (Å²) in [5.74, 6) is 2.29. The van der Waals surface area contributed by atoms with E-state index in [1.807, 2.05) is 19.2 Å². The number of hydrogen-bond donors (Lipinski definition) is 1. The third-order valence-corrected chi connectivity index (χ3v) is 3.45. The van der Waals surface area contributed by atoms with Gasteiger partial charge in [0.2, 0.25) is 0 Å². The van der Waals surface area contributed by atoms with Crippen molar-refractivity contribution in [3.05, 3.63) is 22.7 Å². The minimum absolute atomic E-state index is 0. The largest absolute Gasteiger partial charge is 0.486 e. The SMILES string of the molecule is CN1CCN=C1NCc1cc(Cl)c2c(c1)OCCO2.I. The average Bonchev–Trinajstić information content (AvgIpc) is 2.82. The molecular formula is C13H17ClIN3O2. The third kappa shape index (κ3) is 3.22. The van der Waals surface area contributed by atoms with E-state index in [-0.39, 0.29) is 24.0 Å². The third-order valence-electron chi connectivity index (χ3n) is 3.17. The van der Waals surface area contributed by atoms with E-state index in [0.29, 0.717) is 30.5 Å². The van der Waals surface area contributed by atoms with Gasteiger partial charge in [0.1, 0.15) is 13.2 Å². The molecule has 0 unspecified atom stereocenters. The monoisotopic (exact) mass is 409 g/mol. The number of guanidine groups is 1. The van der Waals surface area contributed by atoms with Gasteiger partial charge in [-0.2, -0.15) is 0 Å². The van der Waals surface area contributed by atoms with Gasteiger partial charge in [0.05, 0.1) is 11.6 Å². The molecule has 1 aromatic rings. The van der Waals surface area contributed by atoms with E-state index in [0.717, 1.165) is 30.4 Å². The van der Waals surface area contributed by atoms with E-state index in [2.05, 4.69) is 15.2 Å². The lowest BCUT2D eigenvalue weighted by Gasteiger charge is -2.21. The summed E-state index contributed by atoms with van der Waals surface area (Å²) >= 11 is 6.20. The number of halogens is 2. The highest BCUT2D eigenvalue weighted by Gasteiger charge is 2.17. The van der Waals surface area contributed by atoms with E-state index in [9.17, 15) is 0 Å². The molecule has 0 bridgehead atoms. The van der Waals surface area contributed by atoms with E-state index in [4.69, 9.17) is 21.1 Å². The van der Waals surface area contributed by atoms with Crippen molar-refractivity contribution in [2.24, 2.45) is 4.99 Å². The normalized spacial score (nSPS) is 16.5. The molecule has 3 rings (SSSR count). The molecule has 7 heteroatoms. The number of hydrogen-bond acceptors (Lipinski definition) is 5. The second-order valence-corrected chi connectivity index (χ2v) is 4.99. The number of rotatable bonds is 2. The molecule has 2 aliphatic heterocycles. The zero-order chi connectivity index (χ0) is 13.2. The van der Waals surface area contributed by atoms with Gasteiger partial charge in [-0.3, -0.25) is 4.99 Å². The summed E-state index contributed by atoms with van der Waals surface area (Å²) in [6, 6.07) is 3.86. The van der Waals surface area contributed by atoms with Gasteiger partial charge in [0.25, 0.3) is 0 Å². The van der Waals surface area contributed by atoms with Crippen LogP contribution in [0.2, 0.25) is 5.02 Å². The molecule has 2 aliphatic rings. The molecule has 2 heterocycles. The van der Waals surface area contributed by atoms with Crippen molar-refractivity contribution < 1.29 is 9.47 Å². The molecule has 0 atom stereocenters. The quantitative estimate of drug-likeness (QED) is 0.760. The van der Waals surface area contributed by atoms with Crippen LogP contribution < -0.4 is 14.8 Å². The Kier molecular flexibility index (Phi) is 5.20. The Morgan fingerprint density at radius 2 is 2.15 bits per heavy atom. The lowest BCUT2D eigenvalue weighted by Crippen LogP contribution is -2.35. The molecule has 0 saturated carbocycles. The molecule has 1 N–H and O–H groups in total. The number of aliphatic imine (C=N–C) groups is 1. The van der Waals surface area contributed by atoms with Gasteiger partial charge in [-0.15, -0.1) is 24.0 Å². The maximum Gasteiger partial charge on any atom is 0.194 e. The highest BCUT2D eigenvalue weighted by molar-refractivity contribution is 14.0. The zero-order valence-electron chi connectivity index (χ0n) is 11.2. The number of nitrogens with one attached hydrogen (secondary N) is 1. The summed E-state index contributed by atoms with van der Waals surface area (Å²) in [4.78, 5) is 6.48. The molecule has 0 aliphatic carbocycles. The number of likely N-dealkylation sites (N-methyl/N-ethyl adjacent to an activating group) is 1. The Morgan fingerprint density at radius 1 is 1.35 bits per heavy atom. The van der Waals surface area contributed by atoms with Gasteiger partial charge >= 0.3 is 0 Å². The van der Waals surface area contributed by atoms with Crippen molar-refractivity contribution in [3.63, 3.8) is 0 Å². The van der Waals surface area contributed by atoms with Gasteiger partial charge in [0.15, 0.2) is 17.5 Å². The average molecular weight is 410 g/mol. The van der Waals surface area contributed by atoms with Crippen LogP contribution in [-0.2, 0) is 6.54 Å². The Bertz CT molecular complexity index is 525. The van der Waals surface area contributed by atoms with Crippen molar-refractivity contribution in [2.45, 2.75) is 6.54 Å². The lowest BCUT2D eigenvalue weighted by atomic mass is 10.2. The summed E-state index contributed by atoms with van der Waals surface area (Å²) in [6.07, 6.45) is 0. The van der Waals surface area contributed by atoms with Gasteiger partial charge < -0.3 is 19.7 Å². The molecule has 0 saturated heterocycles. The predicted molar refractivity (Wildman–Crippen MR) is 89.6 cm³/mol. The molecule has 5 nitrogen and oxygen atoms in total. The van der Waals surface area contributed by atoms with Crippen LogP contribution >= 0.6 is 35.6 Å². The van der Waals surface area contributed by atoms with Crippen molar-refractivity contribution in [1.82, 2.24) is 10.2 Å². The van der Waals surface area contributed by atoms with Crippen LogP contribution in [0.4, 0.5) is 0 Å². The van der Waals surface area contributed by atoms with E-state index < -0.39 is 0 Å². The van der Waals surface area contributed by atoms with Crippen LogP contribution in [0, 0.1) is 0 Å². The molecule has 20 heavy (non-hydrogen) atoms. The summed E-state index contributed by atoms with van der Waals surface area (Å²) in [6.45, 7) is 3.59. The minimum atomic E-state index is 0. The maximum absolute atomic E-state index is 6.20. The first-order valence-electron chi connectivity index (χ1n) is 6.31. The number of nitrogens with zero attached hydrogens (tertiary/aromatic N) is 2. The molecule has 0 spiro atoms. The van der Waals surface area contributed by atoms with Crippen LogP contribution in [0.1, 0.15) is 5.56 Å². The standard InChI is InChI=1S/C13H16ClN3O2.HI/c1-17-3-2-15-13(17)16-8-9-6-10(14)12-11(7-9)18-4-5-19-12;/h6-7H,2-5,8H2,1H3,(H,15,16);1H. The maximum atomic E-state index is 6.20. The number of ether oxygens (including phenoxy) is 2. The molecule has 0 fully saturated rings. The first-order valence-corrected chi connectivity index (χ1v) is 6.69. The van der Waals surface area contributed by atoms with Gasteiger partial charge in [-0.25, -0.2) is 0 Å². The number of fused-ring (bicyclic) bond motifs is 1. The smallest absolute Gasteiger partial charge is 0.194 e. The van der Waals surface area contributed by atoms with Crippen LogP contribution in [0.3, 0.4) is 0 Å². The van der Waals surface area contributed by atoms with Crippen molar-refractivity contribution in [2.75, 3.05) is 33.4 Å². The van der Waals surface area contributed by atoms with E-state index in [1.54, 1.807) is 0 Å².